The molecule has 1 aliphatic rings. The standard InChI is InChI=1S/C23H27N3O/c1-16-8-9-17(2)20(14-16)25-10-12-26(13-11-25)22-15-18(3)19-6-5-7-21(27-4)23(19)24-22/h5-9,14-15H,10-13H2,1-4H3/p+1. The summed E-state index contributed by atoms with van der Waals surface area (Å²) in [5.41, 5.74) is 6.40. The zero-order chi connectivity index (χ0) is 19.0. The molecule has 0 spiro atoms. The number of para-hydroxylation sites is 1. The molecule has 0 atom stereocenters. The van der Waals surface area contributed by atoms with E-state index in [4.69, 9.17) is 4.74 Å². The van der Waals surface area contributed by atoms with Gasteiger partial charge >= 0.3 is 0 Å². The smallest absolute Gasteiger partial charge is 0.275 e. The Morgan fingerprint density at radius 1 is 0.852 bits per heavy atom. The fourth-order valence-electron chi connectivity index (χ4n) is 4.02. The van der Waals surface area contributed by atoms with Crippen molar-refractivity contribution in [1.29, 1.82) is 0 Å². The predicted octanol–water partition coefficient (Wildman–Crippen LogP) is 3.91. The Labute approximate surface area is 161 Å². The first kappa shape index (κ1) is 17.7. The lowest BCUT2D eigenvalue weighted by Gasteiger charge is -2.33. The van der Waals surface area contributed by atoms with Crippen LogP contribution in [0, 0.1) is 20.8 Å². The molecule has 2 aromatic carbocycles. The molecule has 1 aromatic heterocycles. The lowest BCUT2D eigenvalue weighted by Crippen LogP contribution is -2.48. The van der Waals surface area contributed by atoms with Gasteiger partial charge in [0.25, 0.3) is 5.82 Å². The first-order chi connectivity index (χ1) is 13.1. The molecule has 4 rings (SSSR count). The molecule has 0 amide bonds. The SMILES string of the molecule is COc1cccc2c(C)cc(N3CCN(c4cc(C)ccc4C)CC3)[nH+]c12. The summed E-state index contributed by atoms with van der Waals surface area (Å²) in [5, 5.41) is 1.21. The number of benzene rings is 2. The van der Waals surface area contributed by atoms with E-state index in [9.17, 15) is 0 Å². The molecule has 1 fully saturated rings. The van der Waals surface area contributed by atoms with Crippen LogP contribution in [0.1, 0.15) is 16.7 Å². The van der Waals surface area contributed by atoms with E-state index in [1.807, 2.05) is 12.1 Å². The second-order valence-electron chi connectivity index (χ2n) is 7.48. The molecule has 4 heteroatoms. The van der Waals surface area contributed by atoms with Gasteiger partial charge in [0, 0.05) is 17.1 Å². The molecule has 1 N–H and O–H groups in total. The molecule has 0 aliphatic carbocycles. The summed E-state index contributed by atoms with van der Waals surface area (Å²) in [4.78, 5) is 8.57. The van der Waals surface area contributed by atoms with Crippen LogP contribution in [0.25, 0.3) is 10.9 Å². The van der Waals surface area contributed by atoms with Gasteiger partial charge in [-0.2, -0.15) is 0 Å². The quantitative estimate of drug-likeness (QED) is 0.707. The maximum absolute atomic E-state index is 5.57. The summed E-state index contributed by atoms with van der Waals surface area (Å²) in [6.07, 6.45) is 0. The van der Waals surface area contributed by atoms with E-state index in [0.29, 0.717) is 0 Å². The van der Waals surface area contributed by atoms with Crippen LogP contribution in [-0.4, -0.2) is 33.3 Å². The van der Waals surface area contributed by atoms with Gasteiger partial charge in [-0.1, -0.05) is 24.3 Å². The van der Waals surface area contributed by atoms with E-state index in [1.54, 1.807) is 7.11 Å². The number of pyridine rings is 1. The van der Waals surface area contributed by atoms with E-state index in [1.165, 1.54) is 33.6 Å². The molecule has 140 valence electrons. The van der Waals surface area contributed by atoms with Gasteiger partial charge in [-0.3, -0.25) is 4.90 Å². The summed E-state index contributed by atoms with van der Waals surface area (Å²) in [6.45, 7) is 10.6. The summed E-state index contributed by atoms with van der Waals surface area (Å²) < 4.78 is 5.57. The maximum atomic E-state index is 5.57. The molecule has 2 heterocycles. The topological polar surface area (TPSA) is 29.9 Å². The zero-order valence-corrected chi connectivity index (χ0v) is 16.7. The molecule has 4 nitrogen and oxygen atoms in total. The van der Waals surface area contributed by atoms with Crippen molar-refractivity contribution in [3.63, 3.8) is 0 Å². The van der Waals surface area contributed by atoms with Gasteiger partial charge in [0.1, 0.15) is 13.1 Å². The van der Waals surface area contributed by atoms with Crippen molar-refractivity contribution >= 4 is 22.4 Å². The van der Waals surface area contributed by atoms with Gasteiger partial charge < -0.3 is 9.64 Å². The molecule has 3 aromatic rings. The summed E-state index contributed by atoms with van der Waals surface area (Å²) in [5.74, 6) is 2.07. The molecule has 0 saturated carbocycles. The first-order valence-corrected chi connectivity index (χ1v) is 9.63. The number of hydrogen-bond acceptors (Lipinski definition) is 3. The molecule has 1 aliphatic heterocycles. The molecule has 27 heavy (non-hydrogen) atoms. The van der Waals surface area contributed by atoms with Crippen LogP contribution in [0.15, 0.2) is 42.5 Å². The van der Waals surface area contributed by atoms with Crippen LogP contribution in [0.5, 0.6) is 5.75 Å². The number of aryl methyl sites for hydroxylation is 3. The Hall–Kier alpha value is -2.75. The van der Waals surface area contributed by atoms with Gasteiger partial charge in [-0.25, -0.2) is 4.98 Å². The number of aromatic nitrogens is 1. The highest BCUT2D eigenvalue weighted by Crippen LogP contribution is 2.28. The van der Waals surface area contributed by atoms with Crippen LogP contribution in [0.4, 0.5) is 11.5 Å². The highest BCUT2D eigenvalue weighted by atomic mass is 16.5. The number of piperazine rings is 1. The van der Waals surface area contributed by atoms with E-state index >= 15 is 0 Å². The first-order valence-electron chi connectivity index (χ1n) is 9.63. The van der Waals surface area contributed by atoms with Crippen molar-refractivity contribution in [1.82, 2.24) is 0 Å². The van der Waals surface area contributed by atoms with Gasteiger partial charge in [0.15, 0.2) is 11.3 Å². The fraction of sp³-hybridized carbons (Fsp3) is 0.348. The number of H-pyrrole nitrogens is 1. The Morgan fingerprint density at radius 3 is 2.33 bits per heavy atom. The number of fused-ring (bicyclic) bond motifs is 1. The van der Waals surface area contributed by atoms with E-state index in [-0.39, 0.29) is 0 Å². The normalized spacial score (nSPS) is 14.7. The minimum absolute atomic E-state index is 0.895. The third-order valence-electron chi connectivity index (χ3n) is 5.60. The van der Waals surface area contributed by atoms with E-state index in [2.05, 4.69) is 65.9 Å². The second-order valence-corrected chi connectivity index (χ2v) is 7.48. The number of rotatable bonds is 3. The molecule has 1 saturated heterocycles. The lowest BCUT2D eigenvalue weighted by atomic mass is 10.1. The van der Waals surface area contributed by atoms with Crippen molar-refractivity contribution in [2.24, 2.45) is 0 Å². The van der Waals surface area contributed by atoms with Crippen molar-refractivity contribution < 1.29 is 9.72 Å². The van der Waals surface area contributed by atoms with Crippen LogP contribution < -0.4 is 19.5 Å². The number of aromatic amines is 1. The second kappa shape index (κ2) is 7.10. The maximum Gasteiger partial charge on any atom is 0.275 e. The third kappa shape index (κ3) is 3.32. The lowest BCUT2D eigenvalue weighted by molar-refractivity contribution is -0.331. The Morgan fingerprint density at radius 2 is 1.59 bits per heavy atom. The highest BCUT2D eigenvalue weighted by Gasteiger charge is 2.25. The molecular formula is C23H28N3O+. The largest absolute Gasteiger partial charge is 0.492 e. The molecule has 0 bridgehead atoms. The van der Waals surface area contributed by atoms with Crippen LogP contribution in [-0.2, 0) is 0 Å². The number of methoxy groups -OCH3 is 1. The Bertz CT molecular complexity index is 975. The minimum atomic E-state index is 0.895. The number of nitrogens with zero attached hydrogens (tertiary/aromatic N) is 2. The third-order valence-corrected chi connectivity index (χ3v) is 5.60. The highest BCUT2D eigenvalue weighted by molar-refractivity contribution is 5.85. The number of anilines is 2. The van der Waals surface area contributed by atoms with Gasteiger partial charge in [0.05, 0.1) is 20.2 Å². The van der Waals surface area contributed by atoms with Crippen molar-refractivity contribution in [2.45, 2.75) is 20.8 Å². The van der Waals surface area contributed by atoms with Gasteiger partial charge in [-0.05, 0) is 49.6 Å². The summed E-state index contributed by atoms with van der Waals surface area (Å²) >= 11 is 0. The van der Waals surface area contributed by atoms with E-state index in [0.717, 1.165) is 37.4 Å². The van der Waals surface area contributed by atoms with E-state index < -0.39 is 0 Å². The van der Waals surface area contributed by atoms with Gasteiger partial charge in [-0.15, -0.1) is 0 Å². The Kier molecular flexibility index (Phi) is 4.65. The summed E-state index contributed by atoms with van der Waals surface area (Å²) in [7, 11) is 1.73. The molecular weight excluding hydrogens is 334 g/mol. The predicted molar refractivity (Wildman–Crippen MR) is 112 cm³/mol. The number of ether oxygens (including phenoxy) is 1. The monoisotopic (exact) mass is 362 g/mol. The van der Waals surface area contributed by atoms with Crippen molar-refractivity contribution in [3.05, 3.63) is 59.2 Å². The average Bonchev–Trinajstić information content (AvgIpc) is 2.69. The Balaban J connectivity index is 1.59. The average molecular weight is 362 g/mol. The fourth-order valence-corrected chi connectivity index (χ4v) is 4.02. The van der Waals surface area contributed by atoms with Crippen molar-refractivity contribution in [3.8, 4) is 5.75 Å². The summed E-state index contributed by atoms with van der Waals surface area (Å²) in [6, 6.07) is 15.2. The molecule has 0 radical (unpaired) electrons. The van der Waals surface area contributed by atoms with Crippen LogP contribution in [0.2, 0.25) is 0 Å². The van der Waals surface area contributed by atoms with Crippen LogP contribution >= 0.6 is 0 Å². The zero-order valence-electron chi connectivity index (χ0n) is 16.7. The minimum Gasteiger partial charge on any atom is -0.492 e. The molecule has 0 unspecified atom stereocenters. The number of hydrogen-bond donors (Lipinski definition) is 0. The van der Waals surface area contributed by atoms with Gasteiger partial charge in [0.2, 0.25) is 0 Å². The number of nitrogens with one attached hydrogen (secondary N) is 1. The van der Waals surface area contributed by atoms with Crippen LogP contribution in [0.3, 0.4) is 0 Å². The van der Waals surface area contributed by atoms with Crippen molar-refractivity contribution in [2.75, 3.05) is 43.1 Å².